The smallest absolute Gasteiger partial charge is 0.462 e. The van der Waals surface area contributed by atoms with Gasteiger partial charge in [0.1, 0.15) is 12.7 Å². The van der Waals surface area contributed by atoms with Gasteiger partial charge in [0.15, 0.2) is 6.10 Å². The van der Waals surface area contributed by atoms with Gasteiger partial charge in [-0.2, -0.15) is 0 Å². The Morgan fingerprint density at radius 1 is 0.579 bits per heavy atom. The zero-order valence-electron chi connectivity index (χ0n) is 35.3. The third-order valence-corrected chi connectivity index (χ3v) is 10.1. The molecule has 0 spiro atoms. The number of aliphatic hydroxyl groups is 4. The number of carbonyl (C=O) groups excluding carboxylic acids is 2. The molecule has 0 aliphatic rings. The maximum Gasteiger partial charge on any atom is 0.472 e. The molecule has 0 aromatic carbocycles. The van der Waals surface area contributed by atoms with E-state index in [1.165, 1.54) is 32.1 Å². The first-order valence-corrected chi connectivity index (χ1v) is 23.3. The number of phosphoric acid groups is 1. The minimum absolute atomic E-state index is 0.125. The van der Waals surface area contributed by atoms with Crippen LogP contribution >= 0.6 is 7.82 Å². The Morgan fingerprint density at radius 3 is 1.67 bits per heavy atom. The van der Waals surface area contributed by atoms with Gasteiger partial charge in [0, 0.05) is 12.8 Å². The normalized spacial score (nSPS) is 15.4. The summed E-state index contributed by atoms with van der Waals surface area (Å²) < 4.78 is 32.6. The van der Waals surface area contributed by atoms with Crippen molar-refractivity contribution in [3.63, 3.8) is 0 Å². The molecule has 0 rings (SSSR count). The molecule has 0 fully saturated rings. The highest BCUT2D eigenvalue weighted by atomic mass is 31.2. The molecule has 0 aromatic rings. The SMILES string of the molecule is CCCCC/C=C\C/C=C\C/C=C\CCCCCCC(=O)O[C@H](COC(=O)CCCCCCC[C@@H](O)[C@H](O)C/C=C\CCCCC)COP(=O)(O)OC[C@@H](O)CO. The van der Waals surface area contributed by atoms with Gasteiger partial charge in [-0.25, -0.2) is 4.57 Å². The summed E-state index contributed by atoms with van der Waals surface area (Å²) in [6.45, 7) is 2.08. The van der Waals surface area contributed by atoms with E-state index in [0.29, 0.717) is 25.7 Å². The summed E-state index contributed by atoms with van der Waals surface area (Å²) in [6, 6.07) is 0. The number of phosphoric ester groups is 1. The molecule has 5 atom stereocenters. The van der Waals surface area contributed by atoms with E-state index in [1.54, 1.807) is 0 Å². The van der Waals surface area contributed by atoms with Gasteiger partial charge in [-0.15, -0.1) is 0 Å². The maximum atomic E-state index is 12.6. The molecule has 0 radical (unpaired) electrons. The molecular weight excluding hydrogens is 751 g/mol. The predicted octanol–water partition coefficient (Wildman–Crippen LogP) is 9.28. The fourth-order valence-corrected chi connectivity index (χ4v) is 6.40. The van der Waals surface area contributed by atoms with Crippen LogP contribution in [0.25, 0.3) is 0 Å². The number of rotatable bonds is 40. The van der Waals surface area contributed by atoms with Crippen LogP contribution < -0.4 is 0 Å². The summed E-state index contributed by atoms with van der Waals surface area (Å²) >= 11 is 0. The second-order valence-electron chi connectivity index (χ2n) is 14.7. The molecule has 0 heterocycles. The molecule has 13 heteroatoms. The van der Waals surface area contributed by atoms with Crippen molar-refractivity contribution in [1.82, 2.24) is 0 Å². The lowest BCUT2D eigenvalue weighted by molar-refractivity contribution is -0.161. The van der Waals surface area contributed by atoms with Crippen LogP contribution in [0.1, 0.15) is 168 Å². The largest absolute Gasteiger partial charge is 0.472 e. The number of aliphatic hydroxyl groups excluding tert-OH is 4. The average Bonchev–Trinajstić information content (AvgIpc) is 3.19. The number of esters is 2. The van der Waals surface area contributed by atoms with Crippen molar-refractivity contribution in [1.29, 1.82) is 0 Å². The first-order valence-electron chi connectivity index (χ1n) is 21.8. The number of carbonyl (C=O) groups is 2. The highest BCUT2D eigenvalue weighted by molar-refractivity contribution is 7.47. The molecule has 0 aromatic heterocycles. The van der Waals surface area contributed by atoms with E-state index in [-0.39, 0.29) is 19.4 Å². The Labute approximate surface area is 344 Å². The topological polar surface area (TPSA) is 189 Å². The maximum absolute atomic E-state index is 12.6. The van der Waals surface area contributed by atoms with Crippen molar-refractivity contribution < 1.29 is 58.0 Å². The Kier molecular flexibility index (Phi) is 37.8. The zero-order chi connectivity index (χ0) is 42.2. The molecule has 0 saturated carbocycles. The second-order valence-corrected chi connectivity index (χ2v) is 16.1. The number of hydrogen-bond acceptors (Lipinski definition) is 11. The first kappa shape index (κ1) is 54.9. The molecule has 12 nitrogen and oxygen atoms in total. The van der Waals surface area contributed by atoms with Crippen LogP contribution in [-0.4, -0.2) is 88.1 Å². The van der Waals surface area contributed by atoms with Crippen LogP contribution in [-0.2, 0) is 32.7 Å². The Hall–Kier alpha value is -2.15. The lowest BCUT2D eigenvalue weighted by atomic mass is 10.0. The van der Waals surface area contributed by atoms with E-state index in [1.807, 2.05) is 6.08 Å². The zero-order valence-corrected chi connectivity index (χ0v) is 36.2. The summed E-state index contributed by atoms with van der Waals surface area (Å²) in [6.07, 6.45) is 33.8. The molecule has 5 N–H and O–H groups in total. The molecule has 0 saturated heterocycles. The lowest BCUT2D eigenvalue weighted by Gasteiger charge is -2.20. The van der Waals surface area contributed by atoms with E-state index in [0.717, 1.165) is 83.5 Å². The lowest BCUT2D eigenvalue weighted by Crippen LogP contribution is -2.29. The second kappa shape index (κ2) is 39.3. The quantitative estimate of drug-likeness (QED) is 0.0171. The molecule has 0 amide bonds. The van der Waals surface area contributed by atoms with Crippen molar-refractivity contribution in [3.05, 3.63) is 48.6 Å². The molecule has 332 valence electrons. The van der Waals surface area contributed by atoms with Crippen LogP contribution in [0.5, 0.6) is 0 Å². The van der Waals surface area contributed by atoms with Gasteiger partial charge in [-0.05, 0) is 77.0 Å². The van der Waals surface area contributed by atoms with E-state index in [4.69, 9.17) is 19.1 Å². The number of allylic oxidation sites excluding steroid dienone is 7. The molecular formula is C44H79O12P. The standard InChI is InChI=1S/C44H79O12P/c1-3-5-7-9-11-12-13-14-15-16-17-18-19-20-21-25-30-34-44(50)56-40(38-55-57(51,52)54-36-39(46)35-45)37-53-43(49)33-29-26-22-24-28-32-42(48)41(47)31-27-23-10-8-6-4-2/h11-12,14-15,17-18,23,27,39-42,45-48H,3-10,13,16,19-22,24-26,28-38H2,1-2H3,(H,51,52)/b12-11-,15-14-,18-17-,27-23-/t39-,40+,41+,42+/m0/s1. The van der Waals surface area contributed by atoms with Crippen LogP contribution in [0.2, 0.25) is 0 Å². The monoisotopic (exact) mass is 831 g/mol. The highest BCUT2D eigenvalue weighted by Gasteiger charge is 2.27. The summed E-state index contributed by atoms with van der Waals surface area (Å²) in [5, 5.41) is 38.7. The van der Waals surface area contributed by atoms with Gasteiger partial charge in [-0.3, -0.25) is 18.6 Å². The highest BCUT2D eigenvalue weighted by Crippen LogP contribution is 2.43. The van der Waals surface area contributed by atoms with Crippen LogP contribution in [0.4, 0.5) is 0 Å². The average molecular weight is 831 g/mol. The van der Waals surface area contributed by atoms with Crippen molar-refractivity contribution in [3.8, 4) is 0 Å². The van der Waals surface area contributed by atoms with Crippen molar-refractivity contribution in [2.24, 2.45) is 0 Å². The first-order chi connectivity index (χ1) is 27.5. The Morgan fingerprint density at radius 2 is 1.07 bits per heavy atom. The minimum atomic E-state index is -4.66. The van der Waals surface area contributed by atoms with Gasteiger partial charge in [0.25, 0.3) is 0 Å². The van der Waals surface area contributed by atoms with Gasteiger partial charge in [-0.1, -0.05) is 127 Å². The molecule has 0 aliphatic heterocycles. The van der Waals surface area contributed by atoms with Gasteiger partial charge < -0.3 is 34.8 Å². The van der Waals surface area contributed by atoms with Gasteiger partial charge >= 0.3 is 19.8 Å². The third kappa shape index (κ3) is 37.8. The molecule has 57 heavy (non-hydrogen) atoms. The summed E-state index contributed by atoms with van der Waals surface area (Å²) in [7, 11) is -4.66. The van der Waals surface area contributed by atoms with Crippen LogP contribution in [0.15, 0.2) is 48.6 Å². The van der Waals surface area contributed by atoms with Crippen molar-refractivity contribution in [2.45, 2.75) is 192 Å². The fraction of sp³-hybridized carbons (Fsp3) is 0.773. The molecule has 1 unspecified atom stereocenters. The Balaban J connectivity index is 4.46. The number of unbranched alkanes of at least 4 members (excludes halogenated alkanes) is 14. The third-order valence-electron chi connectivity index (χ3n) is 9.16. The fourth-order valence-electron chi connectivity index (χ4n) is 5.61. The minimum Gasteiger partial charge on any atom is -0.462 e. The van der Waals surface area contributed by atoms with E-state index in [9.17, 15) is 34.4 Å². The van der Waals surface area contributed by atoms with Crippen molar-refractivity contribution in [2.75, 3.05) is 26.4 Å². The number of hydrogen-bond donors (Lipinski definition) is 5. The predicted molar refractivity (Wildman–Crippen MR) is 226 cm³/mol. The number of ether oxygens (including phenoxy) is 2. The molecule has 0 bridgehead atoms. The van der Waals surface area contributed by atoms with Crippen molar-refractivity contribution >= 4 is 19.8 Å². The summed E-state index contributed by atoms with van der Waals surface area (Å²) in [4.78, 5) is 35.0. The Bertz CT molecular complexity index is 1120. The van der Waals surface area contributed by atoms with E-state index < -0.39 is 64.0 Å². The summed E-state index contributed by atoms with van der Waals surface area (Å²) in [5.41, 5.74) is 0. The van der Waals surface area contributed by atoms with E-state index >= 15 is 0 Å². The van der Waals surface area contributed by atoms with Crippen LogP contribution in [0.3, 0.4) is 0 Å². The molecule has 0 aliphatic carbocycles. The van der Waals surface area contributed by atoms with Crippen LogP contribution in [0, 0.1) is 0 Å². The summed E-state index contributed by atoms with van der Waals surface area (Å²) in [5.74, 6) is -1.06. The van der Waals surface area contributed by atoms with Gasteiger partial charge in [0.2, 0.25) is 0 Å². The van der Waals surface area contributed by atoms with Gasteiger partial charge in [0.05, 0.1) is 32.0 Å². The van der Waals surface area contributed by atoms with E-state index in [2.05, 4.69) is 60.9 Å².